The Morgan fingerprint density at radius 1 is 1.30 bits per heavy atom. The molecule has 110 valence electrons. The second kappa shape index (κ2) is 5.78. The average molecular weight is 301 g/mol. The van der Waals surface area contributed by atoms with Gasteiger partial charge in [-0.1, -0.05) is 12.1 Å². The monoisotopic (exact) mass is 301 g/mol. The van der Waals surface area contributed by atoms with Crippen molar-refractivity contribution in [1.29, 1.82) is 0 Å². The Bertz CT molecular complexity index is 576. The van der Waals surface area contributed by atoms with Crippen LogP contribution in [0.3, 0.4) is 0 Å². The van der Waals surface area contributed by atoms with Crippen molar-refractivity contribution < 1.29 is 27.8 Å². The van der Waals surface area contributed by atoms with Gasteiger partial charge >= 0.3 is 5.97 Å². The van der Waals surface area contributed by atoms with Crippen LogP contribution in [0, 0.1) is 0 Å². The van der Waals surface area contributed by atoms with Gasteiger partial charge in [0.15, 0.2) is 11.5 Å². The first-order valence-corrected chi connectivity index (χ1v) is 7.52. The lowest BCUT2D eigenvalue weighted by molar-refractivity contribution is -0.136. The number of rotatable bonds is 5. The van der Waals surface area contributed by atoms with Crippen LogP contribution in [0.1, 0.15) is 18.8 Å². The van der Waals surface area contributed by atoms with E-state index in [4.69, 9.17) is 14.6 Å². The highest BCUT2D eigenvalue weighted by molar-refractivity contribution is 7.94. The van der Waals surface area contributed by atoms with Crippen LogP contribution < -0.4 is 4.72 Å². The first kappa shape index (κ1) is 14.8. The molecule has 0 radical (unpaired) electrons. The van der Waals surface area contributed by atoms with E-state index in [1.54, 1.807) is 12.1 Å². The third-order valence-corrected chi connectivity index (χ3v) is 4.53. The van der Waals surface area contributed by atoms with E-state index >= 15 is 0 Å². The third-order valence-electron chi connectivity index (χ3n) is 2.88. The van der Waals surface area contributed by atoms with Crippen LogP contribution in [-0.4, -0.2) is 38.0 Å². The van der Waals surface area contributed by atoms with Crippen molar-refractivity contribution in [1.82, 2.24) is 0 Å². The Labute approximate surface area is 116 Å². The Hall–Kier alpha value is -1.64. The van der Waals surface area contributed by atoms with Crippen molar-refractivity contribution >= 4 is 21.7 Å². The van der Waals surface area contributed by atoms with Crippen LogP contribution in [-0.2, 0) is 24.3 Å². The van der Waals surface area contributed by atoms with Crippen LogP contribution in [0.15, 0.2) is 24.3 Å². The van der Waals surface area contributed by atoms with Gasteiger partial charge in [-0.25, -0.2) is 8.42 Å². The predicted molar refractivity (Wildman–Crippen MR) is 70.7 cm³/mol. The summed E-state index contributed by atoms with van der Waals surface area (Å²) < 4.78 is 36.3. The number of anilines is 1. The normalized spacial score (nSPS) is 17.9. The lowest BCUT2D eigenvalue weighted by atomic mass is 10.2. The highest BCUT2D eigenvalue weighted by Gasteiger charge is 2.27. The van der Waals surface area contributed by atoms with Crippen LogP contribution in [0.25, 0.3) is 0 Å². The second-order valence-corrected chi connectivity index (χ2v) is 6.32. The van der Waals surface area contributed by atoms with Gasteiger partial charge in [-0.2, -0.15) is 0 Å². The molecule has 1 unspecified atom stereocenters. The molecular weight excluding hydrogens is 286 g/mol. The number of ether oxygens (including phenoxy) is 2. The topological polar surface area (TPSA) is 102 Å². The highest BCUT2D eigenvalue weighted by Crippen LogP contribution is 2.24. The summed E-state index contributed by atoms with van der Waals surface area (Å²) in [6.07, 6.45) is -0.432. The summed E-state index contributed by atoms with van der Waals surface area (Å²) in [5, 5.41) is 7.21. The third kappa shape index (κ3) is 3.27. The van der Waals surface area contributed by atoms with Crippen LogP contribution in [0.5, 0.6) is 0 Å². The van der Waals surface area contributed by atoms with Crippen molar-refractivity contribution in [3.8, 4) is 0 Å². The fourth-order valence-corrected chi connectivity index (χ4v) is 2.55. The first-order chi connectivity index (χ1) is 9.40. The van der Waals surface area contributed by atoms with Crippen molar-refractivity contribution in [3.63, 3.8) is 0 Å². The number of carboxylic acids is 1. The molecule has 0 bridgehead atoms. The fraction of sp³-hybridized carbons (Fsp3) is 0.417. The molecule has 1 aliphatic rings. The molecule has 1 aromatic carbocycles. The molecule has 2 rings (SSSR count). The Kier molecular flexibility index (Phi) is 4.26. The van der Waals surface area contributed by atoms with Crippen LogP contribution in [0.2, 0.25) is 0 Å². The van der Waals surface area contributed by atoms with E-state index < -0.39 is 27.5 Å². The zero-order chi connectivity index (χ0) is 14.8. The maximum Gasteiger partial charge on any atom is 0.323 e. The smallest absolute Gasteiger partial charge is 0.323 e. The average Bonchev–Trinajstić information content (AvgIpc) is 2.92. The van der Waals surface area contributed by atoms with Gasteiger partial charge in [0.2, 0.25) is 10.0 Å². The second-order valence-electron chi connectivity index (χ2n) is 4.32. The Balaban J connectivity index is 2.09. The molecule has 1 aliphatic heterocycles. The number of aliphatic carboxylic acids is 1. The summed E-state index contributed by atoms with van der Waals surface area (Å²) in [7, 11) is -3.96. The van der Waals surface area contributed by atoms with E-state index in [1.807, 2.05) is 0 Å². The van der Waals surface area contributed by atoms with Crippen LogP contribution in [0.4, 0.5) is 5.69 Å². The standard InChI is InChI=1S/C12H15NO6S/c1-8(11(14)15)20(16,17)13-10-4-2-9(3-5-10)12-18-6-7-19-12/h2-5,8,12-13H,6-7H2,1H3,(H,14,15). The van der Waals surface area contributed by atoms with Gasteiger partial charge in [-0.3, -0.25) is 9.52 Å². The number of sulfonamides is 1. The van der Waals surface area contributed by atoms with Gasteiger partial charge in [-0.05, 0) is 19.1 Å². The fourth-order valence-electron chi connectivity index (χ4n) is 1.64. The molecule has 1 aromatic rings. The van der Waals surface area contributed by atoms with Crippen molar-refractivity contribution in [2.24, 2.45) is 0 Å². The zero-order valence-electron chi connectivity index (χ0n) is 10.8. The largest absolute Gasteiger partial charge is 0.480 e. The molecular formula is C12H15NO6S. The molecule has 0 spiro atoms. The molecule has 2 N–H and O–H groups in total. The summed E-state index contributed by atoms with van der Waals surface area (Å²) in [6, 6.07) is 6.40. The Morgan fingerprint density at radius 3 is 2.35 bits per heavy atom. The quantitative estimate of drug-likeness (QED) is 0.839. The molecule has 1 saturated heterocycles. The van der Waals surface area contributed by atoms with Gasteiger partial charge in [0.05, 0.1) is 13.2 Å². The van der Waals surface area contributed by atoms with E-state index in [0.29, 0.717) is 18.9 Å². The number of benzene rings is 1. The minimum absolute atomic E-state index is 0.292. The maximum atomic E-state index is 11.7. The van der Waals surface area contributed by atoms with Crippen molar-refractivity contribution in [2.75, 3.05) is 17.9 Å². The summed E-state index contributed by atoms with van der Waals surface area (Å²) >= 11 is 0. The number of hydrogen-bond acceptors (Lipinski definition) is 5. The first-order valence-electron chi connectivity index (χ1n) is 5.98. The highest BCUT2D eigenvalue weighted by atomic mass is 32.2. The molecule has 0 amide bonds. The molecule has 1 heterocycles. The summed E-state index contributed by atoms with van der Waals surface area (Å²) in [6.45, 7) is 2.16. The van der Waals surface area contributed by atoms with E-state index in [0.717, 1.165) is 12.5 Å². The van der Waals surface area contributed by atoms with Gasteiger partial charge < -0.3 is 14.6 Å². The predicted octanol–water partition coefficient (Wildman–Crippen LogP) is 0.947. The molecule has 7 nitrogen and oxygen atoms in total. The summed E-state index contributed by atoms with van der Waals surface area (Å²) in [5.74, 6) is -1.40. The number of carbonyl (C=O) groups is 1. The lowest BCUT2D eigenvalue weighted by Crippen LogP contribution is -2.32. The minimum atomic E-state index is -3.96. The maximum absolute atomic E-state index is 11.7. The van der Waals surface area contributed by atoms with E-state index in [-0.39, 0.29) is 0 Å². The van der Waals surface area contributed by atoms with E-state index in [2.05, 4.69) is 4.72 Å². The Morgan fingerprint density at radius 2 is 1.85 bits per heavy atom. The molecule has 0 aliphatic carbocycles. The lowest BCUT2D eigenvalue weighted by Gasteiger charge is -2.13. The van der Waals surface area contributed by atoms with E-state index in [1.165, 1.54) is 12.1 Å². The summed E-state index contributed by atoms with van der Waals surface area (Å²) in [4.78, 5) is 10.7. The zero-order valence-corrected chi connectivity index (χ0v) is 11.6. The minimum Gasteiger partial charge on any atom is -0.480 e. The molecule has 1 atom stereocenters. The SMILES string of the molecule is CC(C(=O)O)S(=O)(=O)Nc1ccc(C2OCCO2)cc1. The number of nitrogens with one attached hydrogen (secondary N) is 1. The van der Waals surface area contributed by atoms with E-state index in [9.17, 15) is 13.2 Å². The van der Waals surface area contributed by atoms with Gasteiger partial charge in [-0.15, -0.1) is 0 Å². The molecule has 20 heavy (non-hydrogen) atoms. The summed E-state index contributed by atoms with van der Waals surface area (Å²) in [5.41, 5.74) is 1.07. The molecule has 8 heteroatoms. The van der Waals surface area contributed by atoms with Crippen molar-refractivity contribution in [2.45, 2.75) is 18.5 Å². The number of hydrogen-bond donors (Lipinski definition) is 2. The van der Waals surface area contributed by atoms with Crippen molar-refractivity contribution in [3.05, 3.63) is 29.8 Å². The number of carboxylic acid groups (broad SMARTS) is 1. The van der Waals surface area contributed by atoms with Crippen LogP contribution >= 0.6 is 0 Å². The molecule has 1 fully saturated rings. The van der Waals surface area contributed by atoms with Gasteiger partial charge in [0.1, 0.15) is 0 Å². The molecule has 0 saturated carbocycles. The van der Waals surface area contributed by atoms with Gasteiger partial charge in [0.25, 0.3) is 0 Å². The molecule has 0 aromatic heterocycles. The van der Waals surface area contributed by atoms with Gasteiger partial charge in [0, 0.05) is 11.3 Å².